The standard InChI is InChI=1S/C90H65N3Si3/c1-10-32-67(33-11-1)94(68-34-12-2-13-35-68,69-36-14-3-15-37-69)76-56-54-66(55-57-76)91-85-50-28-30-52-87(85)92-83-62-58-77(95(70-38-16-4-17-39-70,71-40-18-5-19-41-71)72-42-20-6-21-43-72)64-81(83)79-60-61-80-82-65-78(59-63-84(82)93(90(80)89(79)92)88-53-31-29-51-86(88)91)96(73-44-22-7-23-45-73,74-46-24-8-25-47-74)75-48-26-9-27-49-75/h1-65H. The van der Waals surface area contributed by atoms with Crippen LogP contribution in [-0.2, 0) is 0 Å². The molecule has 0 saturated heterocycles. The lowest BCUT2D eigenvalue weighted by Crippen LogP contribution is -2.74. The zero-order chi connectivity index (χ0) is 63.6. The highest BCUT2D eigenvalue weighted by Gasteiger charge is 2.44. The fourth-order valence-electron chi connectivity index (χ4n) is 16.7. The monoisotopic (exact) mass is 1270 g/mol. The molecule has 3 aromatic heterocycles. The van der Waals surface area contributed by atoms with E-state index in [0.29, 0.717) is 0 Å². The lowest BCUT2D eigenvalue weighted by Gasteiger charge is -2.34. The van der Waals surface area contributed by atoms with Crippen molar-refractivity contribution in [2.75, 3.05) is 0 Å². The van der Waals surface area contributed by atoms with E-state index in [1.165, 1.54) is 94.8 Å². The van der Waals surface area contributed by atoms with Gasteiger partial charge in [0.05, 0.1) is 44.1 Å². The maximum atomic E-state index is 2.63. The quantitative estimate of drug-likeness (QED) is 0.0807. The molecule has 0 aliphatic rings. The molecule has 6 heteroatoms. The Kier molecular flexibility index (Phi) is 13.9. The van der Waals surface area contributed by atoms with Crippen molar-refractivity contribution < 1.29 is 0 Å². The summed E-state index contributed by atoms with van der Waals surface area (Å²) in [6.45, 7) is 0. The fraction of sp³-hybridized carbons (Fsp3) is 0. The molecule has 0 amide bonds. The maximum Gasteiger partial charge on any atom is 0.179 e. The molecule has 18 rings (SSSR count). The summed E-state index contributed by atoms with van der Waals surface area (Å²) in [6.07, 6.45) is 0. The molecule has 0 aliphatic heterocycles. The number of benzene rings is 15. The summed E-state index contributed by atoms with van der Waals surface area (Å²) in [7, 11) is -8.85. The Balaban J connectivity index is 1.00. The van der Waals surface area contributed by atoms with Gasteiger partial charge in [-0.3, -0.25) is 0 Å². The molecule has 18 aromatic rings. The van der Waals surface area contributed by atoms with Crippen molar-refractivity contribution in [3.8, 4) is 5.69 Å². The highest BCUT2D eigenvalue weighted by atomic mass is 28.3. The summed E-state index contributed by atoms with van der Waals surface area (Å²) in [5, 5.41) is 20.9. The average molecular weight is 1270 g/mol. The van der Waals surface area contributed by atoms with E-state index in [1.54, 1.807) is 0 Å². The van der Waals surface area contributed by atoms with Gasteiger partial charge in [-0.15, -0.1) is 0 Å². The molecule has 0 spiro atoms. The lowest BCUT2D eigenvalue weighted by molar-refractivity contribution is 1.16. The maximum absolute atomic E-state index is 2.98. The van der Waals surface area contributed by atoms with Crippen LogP contribution in [0.15, 0.2) is 394 Å². The number of aromatic nitrogens is 3. The molecule has 452 valence electrons. The molecule has 96 heavy (non-hydrogen) atoms. The first-order valence-corrected chi connectivity index (χ1v) is 39.3. The first kappa shape index (κ1) is 57.0. The third kappa shape index (κ3) is 8.63. The van der Waals surface area contributed by atoms with Gasteiger partial charge in [0.15, 0.2) is 24.2 Å². The normalized spacial score (nSPS) is 12.2. The fourth-order valence-corrected chi connectivity index (χ4v) is 31.0. The van der Waals surface area contributed by atoms with Gasteiger partial charge in [0.1, 0.15) is 0 Å². The molecule has 0 saturated carbocycles. The predicted octanol–water partition coefficient (Wildman–Crippen LogP) is 13.4. The van der Waals surface area contributed by atoms with Crippen LogP contribution in [0.4, 0.5) is 0 Å². The topological polar surface area (TPSA) is 13.8 Å². The van der Waals surface area contributed by atoms with Gasteiger partial charge in [0.2, 0.25) is 0 Å². The van der Waals surface area contributed by atoms with Crippen LogP contribution in [-0.4, -0.2) is 37.6 Å². The van der Waals surface area contributed by atoms with Gasteiger partial charge in [-0.25, -0.2) is 0 Å². The molecule has 0 N–H and O–H groups in total. The minimum Gasteiger partial charge on any atom is -0.306 e. The van der Waals surface area contributed by atoms with Gasteiger partial charge >= 0.3 is 0 Å². The second-order valence-corrected chi connectivity index (χ2v) is 36.8. The van der Waals surface area contributed by atoms with Gasteiger partial charge in [0.25, 0.3) is 0 Å². The van der Waals surface area contributed by atoms with E-state index in [4.69, 9.17) is 0 Å². The number of hydrogen-bond acceptors (Lipinski definition) is 0. The number of para-hydroxylation sites is 4. The zero-order valence-electron chi connectivity index (χ0n) is 52.9. The SMILES string of the molecule is c1ccc([Si](c2ccccc2)(c2ccccc2)c2ccc(-n3c4ccccc4n4c5ccc([Si](c6ccccc6)(c6ccccc6)c6ccccc6)cc5c5ccc6c7cc([Si](c8ccccc8)(c8ccccc8)c8ccccc8)ccc7n(c7ccccc73)c6c54)cc2)cc1. The Morgan fingerprint density at radius 3 is 0.646 bits per heavy atom. The van der Waals surface area contributed by atoms with E-state index in [1.807, 2.05) is 0 Å². The van der Waals surface area contributed by atoms with Crippen LogP contribution in [0, 0.1) is 0 Å². The largest absolute Gasteiger partial charge is 0.306 e. The van der Waals surface area contributed by atoms with E-state index >= 15 is 0 Å². The smallest absolute Gasteiger partial charge is 0.179 e. The summed E-state index contributed by atoms with van der Waals surface area (Å²) in [5.74, 6) is 0. The second kappa shape index (κ2) is 23.4. The molecule has 0 atom stereocenters. The first-order chi connectivity index (χ1) is 47.7. The summed E-state index contributed by atoms with van der Waals surface area (Å²) in [5.41, 5.74) is 10.1. The predicted molar refractivity (Wildman–Crippen MR) is 415 cm³/mol. The van der Waals surface area contributed by atoms with Gasteiger partial charge in [0, 0.05) is 27.2 Å². The molecular formula is C90H65N3Si3. The van der Waals surface area contributed by atoms with Crippen molar-refractivity contribution in [2.45, 2.75) is 0 Å². The number of fused-ring (bicyclic) bond motifs is 10. The molecule has 0 radical (unpaired) electrons. The minimum absolute atomic E-state index is 1.07. The van der Waals surface area contributed by atoms with Crippen molar-refractivity contribution in [2.24, 2.45) is 0 Å². The van der Waals surface area contributed by atoms with Crippen molar-refractivity contribution >= 4 is 152 Å². The van der Waals surface area contributed by atoms with Crippen LogP contribution in [0.25, 0.3) is 71.4 Å². The van der Waals surface area contributed by atoms with E-state index in [0.717, 1.165) is 38.8 Å². The Hall–Kier alpha value is -11.6. The van der Waals surface area contributed by atoms with Crippen LogP contribution in [0.5, 0.6) is 0 Å². The highest BCUT2D eigenvalue weighted by molar-refractivity contribution is 7.21. The van der Waals surface area contributed by atoms with Crippen molar-refractivity contribution in [3.05, 3.63) is 394 Å². The van der Waals surface area contributed by atoms with E-state index < -0.39 is 24.2 Å². The van der Waals surface area contributed by atoms with Gasteiger partial charge < -0.3 is 13.4 Å². The zero-order valence-corrected chi connectivity index (χ0v) is 55.9. The molecule has 3 nitrogen and oxygen atoms in total. The third-order valence-corrected chi connectivity index (χ3v) is 35.0. The Bertz CT molecular complexity index is 5330. The van der Waals surface area contributed by atoms with Crippen molar-refractivity contribution in [1.29, 1.82) is 0 Å². The molecule has 3 heterocycles. The molecule has 0 fully saturated rings. The second-order valence-electron chi connectivity index (χ2n) is 25.4. The van der Waals surface area contributed by atoms with Crippen LogP contribution < -0.4 is 62.2 Å². The van der Waals surface area contributed by atoms with E-state index in [2.05, 4.69) is 408 Å². The van der Waals surface area contributed by atoms with E-state index in [9.17, 15) is 0 Å². The van der Waals surface area contributed by atoms with Gasteiger partial charge in [-0.2, -0.15) is 0 Å². The minimum atomic E-state index is -2.98. The lowest BCUT2D eigenvalue weighted by atomic mass is 10.1. The first-order valence-electron chi connectivity index (χ1n) is 33.3. The summed E-state index contributed by atoms with van der Waals surface area (Å²) < 4.78 is 7.80. The average Bonchev–Trinajstić information content (AvgIpc) is 1.50. The van der Waals surface area contributed by atoms with Crippen molar-refractivity contribution in [1.82, 2.24) is 13.4 Å². The number of nitrogens with zero attached hydrogens (tertiary/aromatic N) is 3. The van der Waals surface area contributed by atoms with Gasteiger partial charge in [-0.1, -0.05) is 346 Å². The van der Waals surface area contributed by atoms with Crippen LogP contribution in [0.1, 0.15) is 0 Å². The van der Waals surface area contributed by atoms with Crippen LogP contribution in [0.2, 0.25) is 0 Å². The third-order valence-electron chi connectivity index (χ3n) is 20.7. The summed E-state index contributed by atoms with van der Waals surface area (Å²) in [6, 6.07) is 150. The van der Waals surface area contributed by atoms with Crippen LogP contribution in [0.3, 0.4) is 0 Å². The molecule has 0 aliphatic carbocycles. The molecule has 0 unspecified atom stereocenters. The van der Waals surface area contributed by atoms with E-state index in [-0.39, 0.29) is 0 Å². The molecule has 15 aromatic carbocycles. The Morgan fingerprint density at radius 2 is 0.375 bits per heavy atom. The number of rotatable bonds is 13. The molecular weight excluding hydrogens is 1210 g/mol. The summed E-state index contributed by atoms with van der Waals surface area (Å²) in [4.78, 5) is 0. The summed E-state index contributed by atoms with van der Waals surface area (Å²) >= 11 is 0. The van der Waals surface area contributed by atoms with Crippen LogP contribution >= 0.6 is 0 Å². The highest BCUT2D eigenvalue weighted by Crippen LogP contribution is 2.41. The van der Waals surface area contributed by atoms with Gasteiger partial charge in [-0.05, 0) is 111 Å². The number of hydrogen-bond donors (Lipinski definition) is 0. The Labute approximate surface area is 561 Å². The molecule has 0 bridgehead atoms. The van der Waals surface area contributed by atoms with Crippen molar-refractivity contribution in [3.63, 3.8) is 0 Å². The Morgan fingerprint density at radius 1 is 0.156 bits per heavy atom.